The SMILES string of the molecule is CNC(c1cccc2ccncc12)C1CCCCCC1. The first-order valence-electron chi connectivity index (χ1n) is 7.90. The van der Waals surface area contributed by atoms with Gasteiger partial charge in [0.15, 0.2) is 0 Å². The Labute approximate surface area is 121 Å². The molecule has 2 nitrogen and oxygen atoms in total. The number of fused-ring (bicyclic) bond motifs is 1. The molecule has 1 aromatic carbocycles. The predicted molar refractivity (Wildman–Crippen MR) is 84.7 cm³/mol. The van der Waals surface area contributed by atoms with Crippen LogP contribution < -0.4 is 5.32 Å². The maximum atomic E-state index is 4.33. The van der Waals surface area contributed by atoms with Crippen LogP contribution in [-0.4, -0.2) is 12.0 Å². The van der Waals surface area contributed by atoms with Crippen LogP contribution in [0.5, 0.6) is 0 Å². The summed E-state index contributed by atoms with van der Waals surface area (Å²) in [5.74, 6) is 0.758. The minimum atomic E-state index is 0.459. The third kappa shape index (κ3) is 2.71. The largest absolute Gasteiger partial charge is 0.313 e. The zero-order chi connectivity index (χ0) is 13.8. The van der Waals surface area contributed by atoms with E-state index in [-0.39, 0.29) is 0 Å². The number of hydrogen-bond donors (Lipinski definition) is 1. The molecule has 20 heavy (non-hydrogen) atoms. The first-order chi connectivity index (χ1) is 9.90. The molecule has 1 saturated carbocycles. The topological polar surface area (TPSA) is 24.9 Å². The molecule has 3 rings (SSSR count). The van der Waals surface area contributed by atoms with Crippen molar-refractivity contribution < 1.29 is 0 Å². The second-order valence-corrected chi connectivity index (χ2v) is 5.96. The van der Waals surface area contributed by atoms with Gasteiger partial charge in [-0.2, -0.15) is 0 Å². The van der Waals surface area contributed by atoms with E-state index >= 15 is 0 Å². The summed E-state index contributed by atoms with van der Waals surface area (Å²) in [4.78, 5) is 4.33. The zero-order valence-corrected chi connectivity index (χ0v) is 12.3. The average Bonchev–Trinajstić information content (AvgIpc) is 2.78. The van der Waals surface area contributed by atoms with Crippen molar-refractivity contribution in [3.8, 4) is 0 Å². The molecule has 106 valence electrons. The fourth-order valence-corrected chi connectivity index (χ4v) is 3.70. The number of nitrogens with one attached hydrogen (secondary N) is 1. The summed E-state index contributed by atoms with van der Waals surface area (Å²) in [5.41, 5.74) is 1.42. The van der Waals surface area contributed by atoms with E-state index in [4.69, 9.17) is 0 Å². The molecule has 0 radical (unpaired) electrons. The number of hydrogen-bond acceptors (Lipinski definition) is 2. The van der Waals surface area contributed by atoms with E-state index < -0.39 is 0 Å². The van der Waals surface area contributed by atoms with Crippen LogP contribution in [0.3, 0.4) is 0 Å². The predicted octanol–water partition coefficient (Wildman–Crippen LogP) is 4.47. The zero-order valence-electron chi connectivity index (χ0n) is 12.3. The average molecular weight is 268 g/mol. The third-order valence-electron chi connectivity index (χ3n) is 4.73. The molecular weight excluding hydrogens is 244 g/mol. The highest BCUT2D eigenvalue weighted by molar-refractivity contribution is 5.85. The standard InChI is InChI=1S/C18H24N2/c1-19-18(15-7-4-2-3-5-8-15)16-10-6-9-14-11-12-20-13-17(14)16/h6,9-13,15,18-19H,2-5,7-8H2,1H3. The summed E-state index contributed by atoms with van der Waals surface area (Å²) >= 11 is 0. The van der Waals surface area contributed by atoms with Crippen molar-refractivity contribution in [1.82, 2.24) is 10.3 Å². The molecule has 1 fully saturated rings. The lowest BCUT2D eigenvalue weighted by molar-refractivity contribution is 0.343. The molecular formula is C18H24N2. The molecule has 1 aliphatic carbocycles. The van der Waals surface area contributed by atoms with E-state index in [2.05, 4.69) is 41.6 Å². The molecule has 1 atom stereocenters. The van der Waals surface area contributed by atoms with Gasteiger partial charge in [-0.05, 0) is 42.8 Å². The van der Waals surface area contributed by atoms with E-state index in [0.717, 1.165) is 5.92 Å². The van der Waals surface area contributed by atoms with Crippen LogP contribution in [0, 0.1) is 5.92 Å². The van der Waals surface area contributed by atoms with E-state index in [1.54, 1.807) is 0 Å². The Kier molecular flexibility index (Phi) is 4.31. The van der Waals surface area contributed by atoms with E-state index in [1.165, 1.54) is 54.9 Å². The van der Waals surface area contributed by atoms with Crippen molar-refractivity contribution in [2.75, 3.05) is 7.05 Å². The van der Waals surface area contributed by atoms with Gasteiger partial charge in [0.25, 0.3) is 0 Å². The van der Waals surface area contributed by atoms with Gasteiger partial charge in [-0.15, -0.1) is 0 Å². The number of aromatic nitrogens is 1. The van der Waals surface area contributed by atoms with Gasteiger partial charge in [-0.3, -0.25) is 4.98 Å². The Hall–Kier alpha value is -1.41. The summed E-state index contributed by atoms with van der Waals surface area (Å²) in [6.45, 7) is 0. The maximum absolute atomic E-state index is 4.33. The van der Waals surface area contributed by atoms with Gasteiger partial charge in [-0.25, -0.2) is 0 Å². The highest BCUT2D eigenvalue weighted by atomic mass is 14.9. The molecule has 0 bridgehead atoms. The summed E-state index contributed by atoms with van der Waals surface area (Å²) in [5, 5.41) is 6.18. The van der Waals surface area contributed by atoms with Gasteiger partial charge < -0.3 is 5.32 Å². The van der Waals surface area contributed by atoms with Gasteiger partial charge in [0, 0.05) is 23.8 Å². The first kappa shape index (κ1) is 13.6. The number of rotatable bonds is 3. The highest BCUT2D eigenvalue weighted by Gasteiger charge is 2.24. The molecule has 0 amide bonds. The molecule has 1 N–H and O–H groups in total. The lowest BCUT2D eigenvalue weighted by Gasteiger charge is -2.27. The maximum Gasteiger partial charge on any atom is 0.0352 e. The summed E-state index contributed by atoms with van der Waals surface area (Å²) < 4.78 is 0. The molecule has 1 unspecified atom stereocenters. The van der Waals surface area contributed by atoms with Crippen LogP contribution in [0.15, 0.2) is 36.7 Å². The summed E-state index contributed by atoms with van der Waals surface area (Å²) in [6.07, 6.45) is 12.2. The Morgan fingerprint density at radius 1 is 1.10 bits per heavy atom. The Bertz CT molecular complexity index is 551. The van der Waals surface area contributed by atoms with Crippen LogP contribution in [0.2, 0.25) is 0 Å². The third-order valence-corrected chi connectivity index (χ3v) is 4.73. The lowest BCUT2D eigenvalue weighted by atomic mass is 9.85. The van der Waals surface area contributed by atoms with Crippen molar-refractivity contribution >= 4 is 10.8 Å². The number of benzene rings is 1. The normalized spacial score (nSPS) is 18.9. The molecule has 0 spiro atoms. The fraction of sp³-hybridized carbons (Fsp3) is 0.500. The molecule has 2 heteroatoms. The fourth-order valence-electron chi connectivity index (χ4n) is 3.70. The van der Waals surface area contributed by atoms with Crippen LogP contribution in [0.1, 0.15) is 50.1 Å². The number of nitrogens with zero attached hydrogens (tertiary/aromatic N) is 1. The van der Waals surface area contributed by atoms with Crippen molar-refractivity contribution in [2.24, 2.45) is 5.92 Å². The van der Waals surface area contributed by atoms with E-state index in [0.29, 0.717) is 6.04 Å². The molecule has 2 aromatic rings. The van der Waals surface area contributed by atoms with Gasteiger partial charge in [0.05, 0.1) is 0 Å². The number of pyridine rings is 1. The molecule has 0 aliphatic heterocycles. The van der Waals surface area contributed by atoms with Crippen molar-refractivity contribution in [1.29, 1.82) is 0 Å². The smallest absolute Gasteiger partial charge is 0.0352 e. The molecule has 1 aliphatic rings. The quantitative estimate of drug-likeness (QED) is 0.831. The van der Waals surface area contributed by atoms with Crippen LogP contribution >= 0.6 is 0 Å². The van der Waals surface area contributed by atoms with Crippen LogP contribution in [-0.2, 0) is 0 Å². The lowest BCUT2D eigenvalue weighted by Crippen LogP contribution is -2.25. The Morgan fingerprint density at radius 3 is 2.65 bits per heavy atom. The van der Waals surface area contributed by atoms with Gasteiger partial charge in [0.2, 0.25) is 0 Å². The molecule has 1 aromatic heterocycles. The first-order valence-corrected chi connectivity index (χ1v) is 7.90. The van der Waals surface area contributed by atoms with Gasteiger partial charge in [0.1, 0.15) is 0 Å². The van der Waals surface area contributed by atoms with E-state index in [1.807, 2.05) is 12.4 Å². The second kappa shape index (κ2) is 6.36. The van der Waals surface area contributed by atoms with Crippen LogP contribution in [0.4, 0.5) is 0 Å². The second-order valence-electron chi connectivity index (χ2n) is 5.96. The summed E-state index contributed by atoms with van der Waals surface area (Å²) in [6, 6.07) is 9.20. The van der Waals surface area contributed by atoms with Crippen LogP contribution in [0.25, 0.3) is 10.8 Å². The summed E-state index contributed by atoms with van der Waals surface area (Å²) in [7, 11) is 2.10. The van der Waals surface area contributed by atoms with Crippen molar-refractivity contribution in [2.45, 2.75) is 44.6 Å². The monoisotopic (exact) mass is 268 g/mol. The molecule has 0 saturated heterocycles. The minimum Gasteiger partial charge on any atom is -0.313 e. The van der Waals surface area contributed by atoms with E-state index in [9.17, 15) is 0 Å². The molecule has 1 heterocycles. The Balaban J connectivity index is 1.98. The Morgan fingerprint density at radius 2 is 1.90 bits per heavy atom. The minimum absolute atomic E-state index is 0.459. The van der Waals surface area contributed by atoms with Crippen molar-refractivity contribution in [3.63, 3.8) is 0 Å². The van der Waals surface area contributed by atoms with Gasteiger partial charge in [-0.1, -0.05) is 43.9 Å². The highest BCUT2D eigenvalue weighted by Crippen LogP contribution is 2.35. The van der Waals surface area contributed by atoms with Gasteiger partial charge >= 0.3 is 0 Å². The van der Waals surface area contributed by atoms with Crippen molar-refractivity contribution in [3.05, 3.63) is 42.2 Å².